The predicted octanol–water partition coefficient (Wildman–Crippen LogP) is 1.63. The van der Waals surface area contributed by atoms with Crippen LogP contribution in [-0.4, -0.2) is 40.0 Å². The number of aliphatic hydroxyl groups excluding tert-OH is 1. The van der Waals surface area contributed by atoms with Crippen LogP contribution in [0.3, 0.4) is 0 Å². The zero-order chi connectivity index (χ0) is 18.7. The van der Waals surface area contributed by atoms with Gasteiger partial charge in [0.1, 0.15) is 12.5 Å². The maximum Gasteiger partial charge on any atom is 0.231 e. The fourth-order valence-corrected chi connectivity index (χ4v) is 3.36. The minimum absolute atomic E-state index is 0.182. The first kappa shape index (κ1) is 18.3. The SMILES string of the molecule is C[C@@H](NC(O)N1C(=O)C(Cc2ccnc(N)c2)[C@H]1CF)c1ccccc1. The topological polar surface area (TPSA) is 91.5 Å². The van der Waals surface area contributed by atoms with Crippen LogP contribution in [0, 0.1) is 5.92 Å². The van der Waals surface area contributed by atoms with E-state index in [1.165, 1.54) is 4.90 Å². The number of hydrogen-bond donors (Lipinski definition) is 3. The summed E-state index contributed by atoms with van der Waals surface area (Å²) in [6.45, 7) is 1.17. The molecule has 2 heterocycles. The number of halogens is 1. The number of β-lactam (4-membered cyclic amide) rings is 1. The highest BCUT2D eigenvalue weighted by molar-refractivity contribution is 5.86. The average Bonchev–Trinajstić information content (AvgIpc) is 2.64. The Labute approximate surface area is 151 Å². The second kappa shape index (κ2) is 7.80. The van der Waals surface area contributed by atoms with E-state index in [1.54, 1.807) is 18.3 Å². The minimum atomic E-state index is -1.24. The molecule has 0 saturated carbocycles. The summed E-state index contributed by atoms with van der Waals surface area (Å²) in [5.74, 6) is -0.421. The Balaban J connectivity index is 1.64. The molecule has 4 N–H and O–H groups in total. The van der Waals surface area contributed by atoms with Gasteiger partial charge in [-0.25, -0.2) is 9.37 Å². The first-order valence-electron chi connectivity index (χ1n) is 8.59. The van der Waals surface area contributed by atoms with Crippen molar-refractivity contribution in [2.24, 2.45) is 5.92 Å². The first-order valence-corrected chi connectivity index (χ1v) is 8.59. The lowest BCUT2D eigenvalue weighted by Gasteiger charge is -2.48. The molecule has 4 atom stereocenters. The smallest absolute Gasteiger partial charge is 0.231 e. The minimum Gasteiger partial charge on any atom is -0.384 e. The van der Waals surface area contributed by atoms with Gasteiger partial charge in [0.15, 0.2) is 6.35 Å². The summed E-state index contributed by atoms with van der Waals surface area (Å²) < 4.78 is 13.5. The number of aliphatic hydroxyl groups is 1. The summed E-state index contributed by atoms with van der Waals surface area (Å²) in [5.41, 5.74) is 7.45. The number of carbonyl (C=O) groups excluding carboxylic acids is 1. The number of rotatable bonds is 7. The maximum atomic E-state index is 13.5. The molecule has 2 aromatic rings. The van der Waals surface area contributed by atoms with Gasteiger partial charge < -0.3 is 10.8 Å². The Morgan fingerprint density at radius 1 is 1.35 bits per heavy atom. The molecule has 26 heavy (non-hydrogen) atoms. The monoisotopic (exact) mass is 358 g/mol. The number of nitrogens with two attached hydrogens (primary N) is 1. The highest BCUT2D eigenvalue weighted by atomic mass is 19.1. The normalized spacial score (nSPS) is 22.0. The lowest BCUT2D eigenvalue weighted by atomic mass is 9.83. The van der Waals surface area contributed by atoms with Crippen molar-refractivity contribution in [1.29, 1.82) is 0 Å². The van der Waals surface area contributed by atoms with Gasteiger partial charge in [-0.3, -0.25) is 15.0 Å². The van der Waals surface area contributed by atoms with Crippen molar-refractivity contribution in [3.05, 3.63) is 59.8 Å². The predicted molar refractivity (Wildman–Crippen MR) is 96.5 cm³/mol. The number of benzene rings is 1. The van der Waals surface area contributed by atoms with Crippen LogP contribution in [0.5, 0.6) is 0 Å². The van der Waals surface area contributed by atoms with E-state index in [0.29, 0.717) is 12.2 Å². The Morgan fingerprint density at radius 3 is 2.73 bits per heavy atom. The summed E-state index contributed by atoms with van der Waals surface area (Å²) >= 11 is 0. The quantitative estimate of drug-likeness (QED) is 0.517. The number of pyridine rings is 1. The Morgan fingerprint density at radius 2 is 2.08 bits per heavy atom. The summed E-state index contributed by atoms with van der Waals surface area (Å²) in [6.07, 6.45) is 0.697. The number of hydrogen-bond acceptors (Lipinski definition) is 5. The first-order chi connectivity index (χ1) is 12.5. The lowest BCUT2D eigenvalue weighted by molar-refractivity contribution is -0.181. The van der Waals surface area contributed by atoms with E-state index in [1.807, 2.05) is 37.3 Å². The lowest BCUT2D eigenvalue weighted by Crippen LogP contribution is -2.68. The molecule has 138 valence electrons. The Kier molecular flexibility index (Phi) is 5.49. The maximum absolute atomic E-state index is 13.5. The van der Waals surface area contributed by atoms with E-state index in [4.69, 9.17) is 5.73 Å². The zero-order valence-corrected chi connectivity index (χ0v) is 14.5. The average molecular weight is 358 g/mol. The van der Waals surface area contributed by atoms with E-state index < -0.39 is 25.0 Å². The van der Waals surface area contributed by atoms with Crippen LogP contribution in [0.4, 0.5) is 10.2 Å². The van der Waals surface area contributed by atoms with Gasteiger partial charge in [0.25, 0.3) is 0 Å². The van der Waals surface area contributed by atoms with E-state index in [9.17, 15) is 14.3 Å². The van der Waals surface area contributed by atoms with Gasteiger partial charge in [0.2, 0.25) is 5.91 Å². The molecule has 1 amide bonds. The third-order valence-electron chi connectivity index (χ3n) is 4.81. The summed E-state index contributed by atoms with van der Waals surface area (Å²) in [4.78, 5) is 17.6. The molecule has 2 unspecified atom stereocenters. The highest BCUT2D eigenvalue weighted by Crippen LogP contribution is 2.32. The van der Waals surface area contributed by atoms with Crippen molar-refractivity contribution >= 4 is 11.7 Å². The molecule has 0 spiro atoms. The molecule has 6 nitrogen and oxygen atoms in total. The molecule has 1 aromatic carbocycles. The van der Waals surface area contributed by atoms with Crippen molar-refractivity contribution < 1.29 is 14.3 Å². The number of aromatic nitrogens is 1. The largest absolute Gasteiger partial charge is 0.384 e. The van der Waals surface area contributed by atoms with Crippen molar-refractivity contribution in [2.45, 2.75) is 31.8 Å². The third kappa shape index (κ3) is 3.68. The summed E-state index contributed by atoms with van der Waals surface area (Å²) in [6, 6.07) is 12.1. The summed E-state index contributed by atoms with van der Waals surface area (Å²) in [7, 11) is 0. The second-order valence-electron chi connectivity index (χ2n) is 6.54. The van der Waals surface area contributed by atoms with Crippen LogP contribution in [0.1, 0.15) is 24.1 Å². The standard InChI is InChI=1S/C19H23FN4O2/c1-12(14-5-3-2-4-6-14)23-19(26)24-16(11-20)15(18(24)25)9-13-7-8-22-17(21)10-13/h2-8,10,12,15-16,19,23,26H,9,11H2,1H3,(H2,21,22)/t12-,15?,16-,19?/m1/s1. The van der Waals surface area contributed by atoms with E-state index in [-0.39, 0.29) is 11.9 Å². The van der Waals surface area contributed by atoms with E-state index in [2.05, 4.69) is 10.3 Å². The third-order valence-corrected chi connectivity index (χ3v) is 4.81. The highest BCUT2D eigenvalue weighted by Gasteiger charge is 2.50. The van der Waals surface area contributed by atoms with Gasteiger partial charge in [0.05, 0.1) is 12.0 Å². The van der Waals surface area contributed by atoms with Gasteiger partial charge in [-0.2, -0.15) is 0 Å². The molecule has 0 bridgehead atoms. The molecular formula is C19H23FN4O2. The molecule has 1 aliphatic heterocycles. The van der Waals surface area contributed by atoms with Crippen molar-refractivity contribution in [1.82, 2.24) is 15.2 Å². The molecule has 0 radical (unpaired) electrons. The van der Waals surface area contributed by atoms with Crippen LogP contribution < -0.4 is 11.1 Å². The molecule has 7 heteroatoms. The van der Waals surface area contributed by atoms with Gasteiger partial charge in [0, 0.05) is 12.2 Å². The molecule has 1 aliphatic rings. The zero-order valence-electron chi connectivity index (χ0n) is 14.5. The van der Waals surface area contributed by atoms with Gasteiger partial charge in [-0.05, 0) is 36.6 Å². The van der Waals surface area contributed by atoms with Crippen LogP contribution >= 0.6 is 0 Å². The van der Waals surface area contributed by atoms with Gasteiger partial charge >= 0.3 is 0 Å². The number of amides is 1. The number of alkyl halides is 1. The second-order valence-corrected chi connectivity index (χ2v) is 6.54. The van der Waals surface area contributed by atoms with Crippen molar-refractivity contribution in [2.75, 3.05) is 12.4 Å². The van der Waals surface area contributed by atoms with Gasteiger partial charge in [-0.15, -0.1) is 0 Å². The van der Waals surface area contributed by atoms with Crippen LogP contribution in [0.25, 0.3) is 0 Å². The van der Waals surface area contributed by atoms with Crippen molar-refractivity contribution in [3.63, 3.8) is 0 Å². The fraction of sp³-hybridized carbons (Fsp3) is 0.368. The van der Waals surface area contributed by atoms with Crippen LogP contribution in [-0.2, 0) is 11.2 Å². The molecule has 0 aliphatic carbocycles. The number of nitrogens with one attached hydrogen (secondary N) is 1. The van der Waals surface area contributed by atoms with Crippen LogP contribution in [0.2, 0.25) is 0 Å². The Hall–Kier alpha value is -2.51. The van der Waals surface area contributed by atoms with Crippen LogP contribution in [0.15, 0.2) is 48.7 Å². The molecule has 3 rings (SSSR count). The van der Waals surface area contributed by atoms with E-state index in [0.717, 1.165) is 11.1 Å². The number of carbonyl (C=O) groups is 1. The number of anilines is 1. The van der Waals surface area contributed by atoms with Gasteiger partial charge in [-0.1, -0.05) is 30.3 Å². The number of nitrogens with zero attached hydrogens (tertiary/aromatic N) is 2. The molecule has 1 fully saturated rings. The Bertz CT molecular complexity index is 758. The summed E-state index contributed by atoms with van der Waals surface area (Å²) in [5, 5.41) is 13.3. The van der Waals surface area contributed by atoms with Crippen molar-refractivity contribution in [3.8, 4) is 0 Å². The molecule has 1 aromatic heterocycles. The molecular weight excluding hydrogens is 335 g/mol. The molecule has 1 saturated heterocycles. The fourth-order valence-electron chi connectivity index (χ4n) is 3.36. The van der Waals surface area contributed by atoms with E-state index >= 15 is 0 Å². The number of likely N-dealkylation sites (tertiary alicyclic amines) is 1. The number of nitrogen functional groups attached to an aromatic ring is 1.